The maximum absolute atomic E-state index is 12.2. The summed E-state index contributed by atoms with van der Waals surface area (Å²) in [7, 11) is 0. The molecule has 0 aromatic heterocycles. The highest BCUT2D eigenvalue weighted by Gasteiger charge is 2.30. The lowest BCUT2D eigenvalue weighted by atomic mass is 9.94. The molecule has 0 bridgehead atoms. The fourth-order valence-corrected chi connectivity index (χ4v) is 3.17. The van der Waals surface area contributed by atoms with E-state index in [-0.39, 0.29) is 0 Å². The fraction of sp³-hybridized carbons (Fsp3) is 0.250. The van der Waals surface area contributed by atoms with Crippen LogP contribution in [-0.4, -0.2) is 24.1 Å². The van der Waals surface area contributed by atoms with Gasteiger partial charge in [-0.05, 0) is 49.0 Å². The van der Waals surface area contributed by atoms with Crippen molar-refractivity contribution in [1.82, 2.24) is 0 Å². The summed E-state index contributed by atoms with van der Waals surface area (Å²) in [6.45, 7) is 0. The van der Waals surface area contributed by atoms with Crippen molar-refractivity contribution < 1.29 is 19.1 Å². The Balaban J connectivity index is 1.54. The highest BCUT2D eigenvalue weighted by atomic mass is 16.6. The van der Waals surface area contributed by atoms with Crippen LogP contribution in [0.3, 0.4) is 0 Å². The van der Waals surface area contributed by atoms with E-state index < -0.39 is 24.1 Å². The smallest absolute Gasteiger partial charge is 0.331 e. The summed E-state index contributed by atoms with van der Waals surface area (Å²) < 4.78 is 11.1. The highest BCUT2D eigenvalue weighted by Crippen LogP contribution is 2.24. The Labute approximate surface area is 165 Å². The number of carbonyl (C=O) groups is 2. The first kappa shape index (κ1) is 19.6. The molecule has 0 N–H and O–H groups in total. The van der Waals surface area contributed by atoms with Crippen molar-refractivity contribution in [3.05, 3.63) is 83.9 Å². The average Bonchev–Trinajstić information content (AvgIpc) is 2.74. The van der Waals surface area contributed by atoms with E-state index in [0.717, 1.165) is 24.0 Å². The van der Waals surface area contributed by atoms with Crippen molar-refractivity contribution in [3.8, 4) is 0 Å². The molecule has 0 saturated heterocycles. The minimum atomic E-state index is -0.420. The summed E-state index contributed by atoms with van der Waals surface area (Å²) in [5.74, 6) is -0.840. The number of hydrogen-bond donors (Lipinski definition) is 0. The number of benzene rings is 2. The van der Waals surface area contributed by atoms with Gasteiger partial charge in [0.15, 0.2) is 0 Å². The van der Waals surface area contributed by atoms with Crippen LogP contribution in [0.1, 0.15) is 36.8 Å². The van der Waals surface area contributed by atoms with Gasteiger partial charge < -0.3 is 9.47 Å². The zero-order valence-electron chi connectivity index (χ0n) is 15.7. The third-order valence-corrected chi connectivity index (χ3v) is 4.60. The summed E-state index contributed by atoms with van der Waals surface area (Å²) in [6, 6.07) is 19.1. The second-order valence-corrected chi connectivity index (χ2v) is 6.72. The van der Waals surface area contributed by atoms with Crippen molar-refractivity contribution in [2.45, 2.75) is 37.9 Å². The molecule has 0 unspecified atom stereocenters. The second kappa shape index (κ2) is 10.3. The van der Waals surface area contributed by atoms with E-state index in [9.17, 15) is 9.59 Å². The van der Waals surface area contributed by atoms with Crippen LogP contribution in [-0.2, 0) is 19.1 Å². The van der Waals surface area contributed by atoms with Gasteiger partial charge in [0.25, 0.3) is 0 Å². The molecule has 4 heteroatoms. The molecule has 1 aliphatic rings. The van der Waals surface area contributed by atoms with Crippen LogP contribution in [0.4, 0.5) is 0 Å². The first-order valence-corrected chi connectivity index (χ1v) is 9.58. The van der Waals surface area contributed by atoms with Gasteiger partial charge in [0.05, 0.1) is 0 Å². The number of esters is 2. The van der Waals surface area contributed by atoms with Crippen LogP contribution in [0.25, 0.3) is 12.2 Å². The maximum atomic E-state index is 12.2. The lowest BCUT2D eigenvalue weighted by Crippen LogP contribution is -2.37. The normalized spacial score (nSPS) is 19.6. The molecule has 0 radical (unpaired) electrons. The Morgan fingerprint density at radius 3 is 1.46 bits per heavy atom. The molecule has 1 saturated carbocycles. The van der Waals surface area contributed by atoms with E-state index in [1.165, 1.54) is 12.2 Å². The van der Waals surface area contributed by atoms with E-state index in [1.54, 1.807) is 12.2 Å². The molecular formula is C24H24O4. The van der Waals surface area contributed by atoms with Crippen LogP contribution in [0, 0.1) is 0 Å². The predicted molar refractivity (Wildman–Crippen MR) is 109 cm³/mol. The van der Waals surface area contributed by atoms with Gasteiger partial charge in [-0.1, -0.05) is 60.7 Å². The van der Waals surface area contributed by atoms with Gasteiger partial charge in [0.2, 0.25) is 0 Å². The van der Waals surface area contributed by atoms with E-state index >= 15 is 0 Å². The van der Waals surface area contributed by atoms with Gasteiger partial charge in [-0.2, -0.15) is 0 Å². The Hall–Kier alpha value is -3.14. The Kier molecular flexibility index (Phi) is 7.19. The minimum absolute atomic E-state index is 0.407. The number of hydrogen-bond acceptors (Lipinski definition) is 4. The molecule has 0 spiro atoms. The molecule has 0 aliphatic heterocycles. The summed E-state index contributed by atoms with van der Waals surface area (Å²) >= 11 is 0. The molecular weight excluding hydrogens is 352 g/mol. The van der Waals surface area contributed by atoms with Crippen LogP contribution in [0.15, 0.2) is 72.8 Å². The van der Waals surface area contributed by atoms with Crippen LogP contribution in [0.2, 0.25) is 0 Å². The van der Waals surface area contributed by atoms with Crippen LogP contribution >= 0.6 is 0 Å². The number of rotatable bonds is 6. The molecule has 4 nitrogen and oxygen atoms in total. The van der Waals surface area contributed by atoms with Crippen molar-refractivity contribution >= 4 is 24.1 Å². The third-order valence-electron chi connectivity index (χ3n) is 4.60. The van der Waals surface area contributed by atoms with Crippen molar-refractivity contribution in [2.24, 2.45) is 0 Å². The van der Waals surface area contributed by atoms with Gasteiger partial charge in [0, 0.05) is 12.2 Å². The van der Waals surface area contributed by atoms with Gasteiger partial charge in [-0.3, -0.25) is 0 Å². The third kappa shape index (κ3) is 6.23. The SMILES string of the molecule is O=C(C=Cc1ccccc1)O[C@H]1CCCC[C@@H]1OC(=O)C=Cc1ccccc1. The standard InChI is InChI=1S/C24H24O4/c25-23(17-15-19-9-3-1-4-10-19)27-21-13-7-8-14-22(21)28-24(26)18-16-20-11-5-2-6-12-20/h1-6,9-12,15-18,21-22H,7-8,13-14H2/t21-,22-/m0/s1. The quantitative estimate of drug-likeness (QED) is 0.536. The van der Waals surface area contributed by atoms with Gasteiger partial charge in [-0.25, -0.2) is 9.59 Å². The molecule has 2 aromatic rings. The fourth-order valence-electron chi connectivity index (χ4n) is 3.17. The lowest BCUT2D eigenvalue weighted by Gasteiger charge is -2.30. The molecule has 2 atom stereocenters. The minimum Gasteiger partial charge on any atom is -0.455 e. The van der Waals surface area contributed by atoms with E-state index in [1.807, 2.05) is 60.7 Å². The van der Waals surface area contributed by atoms with Gasteiger partial charge >= 0.3 is 11.9 Å². The molecule has 1 fully saturated rings. The monoisotopic (exact) mass is 376 g/mol. The van der Waals surface area contributed by atoms with Crippen LogP contribution < -0.4 is 0 Å². The topological polar surface area (TPSA) is 52.6 Å². The molecule has 0 heterocycles. The molecule has 3 rings (SSSR count). The van der Waals surface area contributed by atoms with E-state index in [2.05, 4.69) is 0 Å². The zero-order chi connectivity index (χ0) is 19.6. The van der Waals surface area contributed by atoms with Crippen LogP contribution in [0.5, 0.6) is 0 Å². The van der Waals surface area contributed by atoms with Crippen molar-refractivity contribution in [3.63, 3.8) is 0 Å². The summed E-state index contributed by atoms with van der Waals surface area (Å²) in [5, 5.41) is 0. The highest BCUT2D eigenvalue weighted by molar-refractivity contribution is 5.88. The molecule has 1 aliphatic carbocycles. The predicted octanol–water partition coefficient (Wildman–Crippen LogP) is 4.81. The van der Waals surface area contributed by atoms with Gasteiger partial charge in [-0.15, -0.1) is 0 Å². The molecule has 28 heavy (non-hydrogen) atoms. The number of ether oxygens (including phenoxy) is 2. The largest absolute Gasteiger partial charge is 0.455 e. The average molecular weight is 376 g/mol. The van der Waals surface area contributed by atoms with Crippen molar-refractivity contribution in [1.29, 1.82) is 0 Å². The van der Waals surface area contributed by atoms with Gasteiger partial charge in [0.1, 0.15) is 12.2 Å². The molecule has 0 amide bonds. The molecule has 2 aromatic carbocycles. The molecule has 144 valence electrons. The summed E-state index contributed by atoms with van der Waals surface area (Å²) in [5.41, 5.74) is 1.86. The number of carbonyl (C=O) groups excluding carboxylic acids is 2. The lowest BCUT2D eigenvalue weighted by molar-refractivity contribution is -0.165. The Morgan fingerprint density at radius 1 is 0.679 bits per heavy atom. The van der Waals surface area contributed by atoms with E-state index in [0.29, 0.717) is 12.8 Å². The van der Waals surface area contributed by atoms with Crippen molar-refractivity contribution in [2.75, 3.05) is 0 Å². The first-order valence-electron chi connectivity index (χ1n) is 9.58. The first-order chi connectivity index (χ1) is 13.7. The zero-order valence-corrected chi connectivity index (χ0v) is 15.7. The second-order valence-electron chi connectivity index (χ2n) is 6.72. The maximum Gasteiger partial charge on any atom is 0.331 e. The Morgan fingerprint density at radius 2 is 1.07 bits per heavy atom. The summed E-state index contributed by atoms with van der Waals surface area (Å²) in [6.07, 6.45) is 8.75. The Bertz CT molecular complexity index is 753. The summed E-state index contributed by atoms with van der Waals surface area (Å²) in [4.78, 5) is 24.3. The van der Waals surface area contributed by atoms with E-state index in [4.69, 9.17) is 9.47 Å².